The molecule has 1 aromatic heterocycles. The monoisotopic (exact) mass is 253 g/mol. The van der Waals surface area contributed by atoms with Crippen molar-refractivity contribution >= 4 is 17.4 Å². The van der Waals surface area contributed by atoms with Crippen LogP contribution in [0.5, 0.6) is 0 Å². The van der Waals surface area contributed by atoms with Crippen molar-refractivity contribution < 1.29 is 13.6 Å². The molecule has 0 radical (unpaired) electrons. The predicted molar refractivity (Wildman–Crippen MR) is 59.0 cm³/mol. The van der Waals surface area contributed by atoms with Gasteiger partial charge in [-0.25, -0.2) is 13.8 Å². The Labute approximate surface area is 101 Å². The van der Waals surface area contributed by atoms with E-state index in [1.54, 1.807) is 0 Å². The fourth-order valence-corrected chi connectivity index (χ4v) is 1.56. The largest absolute Gasteiger partial charge is 0.287 e. The zero-order valence-corrected chi connectivity index (χ0v) is 9.21. The van der Waals surface area contributed by atoms with Gasteiger partial charge in [0, 0.05) is 11.8 Å². The van der Waals surface area contributed by atoms with E-state index in [0.717, 1.165) is 18.2 Å². The Morgan fingerprint density at radius 1 is 1.24 bits per heavy atom. The number of hydrogen-bond donors (Lipinski definition) is 0. The van der Waals surface area contributed by atoms with Crippen LogP contribution in [0.4, 0.5) is 8.78 Å². The summed E-state index contributed by atoms with van der Waals surface area (Å²) < 4.78 is 26.3. The van der Waals surface area contributed by atoms with Gasteiger partial charge in [0.05, 0.1) is 5.02 Å². The van der Waals surface area contributed by atoms with Crippen molar-refractivity contribution in [1.29, 1.82) is 0 Å². The number of halogens is 3. The maximum absolute atomic E-state index is 13.3. The molecule has 2 aromatic rings. The summed E-state index contributed by atoms with van der Waals surface area (Å²) in [5.74, 6) is -2.13. The van der Waals surface area contributed by atoms with Gasteiger partial charge in [0.1, 0.15) is 11.5 Å². The van der Waals surface area contributed by atoms with E-state index in [0.29, 0.717) is 0 Å². The molecule has 0 saturated carbocycles. The average molecular weight is 254 g/mol. The highest BCUT2D eigenvalue weighted by atomic mass is 35.5. The standard InChI is InChI=1S/C12H6ClF2NO/c13-9-4-3-7(14)6-8(9)12(17)11-10(15)2-1-5-16-11/h1-6H. The molecule has 1 aromatic carbocycles. The maximum Gasteiger partial charge on any atom is 0.215 e. The summed E-state index contributed by atoms with van der Waals surface area (Å²) >= 11 is 5.76. The molecule has 0 aliphatic heterocycles. The summed E-state index contributed by atoms with van der Waals surface area (Å²) in [6.45, 7) is 0. The molecule has 1 heterocycles. The van der Waals surface area contributed by atoms with E-state index in [4.69, 9.17) is 11.6 Å². The van der Waals surface area contributed by atoms with Crippen molar-refractivity contribution in [2.75, 3.05) is 0 Å². The highest BCUT2D eigenvalue weighted by Gasteiger charge is 2.18. The Morgan fingerprint density at radius 3 is 2.71 bits per heavy atom. The lowest BCUT2D eigenvalue weighted by molar-refractivity contribution is 0.103. The summed E-state index contributed by atoms with van der Waals surface area (Å²) in [5.41, 5.74) is -0.482. The Kier molecular flexibility index (Phi) is 3.15. The maximum atomic E-state index is 13.3. The van der Waals surface area contributed by atoms with E-state index in [1.165, 1.54) is 18.3 Å². The van der Waals surface area contributed by atoms with Gasteiger partial charge in [-0.05, 0) is 30.3 Å². The predicted octanol–water partition coefficient (Wildman–Crippen LogP) is 3.24. The van der Waals surface area contributed by atoms with Gasteiger partial charge in [-0.1, -0.05) is 11.6 Å². The van der Waals surface area contributed by atoms with Crippen LogP contribution >= 0.6 is 11.6 Å². The molecular formula is C12H6ClF2NO. The second-order valence-corrected chi connectivity index (χ2v) is 3.69. The molecule has 0 bridgehead atoms. The fraction of sp³-hybridized carbons (Fsp3) is 0. The van der Waals surface area contributed by atoms with Crippen molar-refractivity contribution in [2.24, 2.45) is 0 Å². The molecule has 0 aliphatic carbocycles. The number of carbonyl (C=O) groups is 1. The first-order valence-electron chi connectivity index (χ1n) is 4.70. The van der Waals surface area contributed by atoms with Crippen molar-refractivity contribution in [2.45, 2.75) is 0 Å². The van der Waals surface area contributed by atoms with Gasteiger partial charge in [0.25, 0.3) is 0 Å². The first kappa shape index (κ1) is 11.7. The minimum Gasteiger partial charge on any atom is -0.287 e. The van der Waals surface area contributed by atoms with Gasteiger partial charge in [-0.15, -0.1) is 0 Å². The SMILES string of the molecule is O=C(c1cc(F)ccc1Cl)c1ncccc1F. The minimum absolute atomic E-state index is 0.0569. The van der Waals surface area contributed by atoms with Crippen LogP contribution in [0.2, 0.25) is 5.02 Å². The first-order valence-corrected chi connectivity index (χ1v) is 5.07. The second-order valence-electron chi connectivity index (χ2n) is 3.29. The van der Waals surface area contributed by atoms with Crippen LogP contribution < -0.4 is 0 Å². The van der Waals surface area contributed by atoms with Crippen molar-refractivity contribution in [3.63, 3.8) is 0 Å². The van der Waals surface area contributed by atoms with Gasteiger partial charge in [-0.2, -0.15) is 0 Å². The van der Waals surface area contributed by atoms with Crippen molar-refractivity contribution in [1.82, 2.24) is 4.98 Å². The molecule has 0 unspecified atom stereocenters. The quantitative estimate of drug-likeness (QED) is 0.769. The molecule has 0 N–H and O–H groups in total. The van der Waals surface area contributed by atoms with E-state index >= 15 is 0 Å². The fourth-order valence-electron chi connectivity index (χ4n) is 1.35. The van der Waals surface area contributed by atoms with Crippen molar-refractivity contribution in [3.05, 3.63) is 64.4 Å². The van der Waals surface area contributed by atoms with E-state index < -0.39 is 17.4 Å². The molecule has 0 saturated heterocycles. The molecule has 0 amide bonds. The number of ketones is 1. The Bertz CT molecular complexity index is 586. The van der Waals surface area contributed by atoms with Crippen LogP contribution in [-0.4, -0.2) is 10.8 Å². The lowest BCUT2D eigenvalue weighted by atomic mass is 10.1. The van der Waals surface area contributed by atoms with Crippen LogP contribution in [0.25, 0.3) is 0 Å². The zero-order valence-electron chi connectivity index (χ0n) is 8.45. The Balaban J connectivity index is 2.51. The lowest BCUT2D eigenvalue weighted by Crippen LogP contribution is -2.07. The number of hydrogen-bond acceptors (Lipinski definition) is 2. The van der Waals surface area contributed by atoms with Crippen LogP contribution in [0.1, 0.15) is 16.1 Å². The molecule has 86 valence electrons. The highest BCUT2D eigenvalue weighted by molar-refractivity contribution is 6.34. The molecule has 2 nitrogen and oxygen atoms in total. The zero-order chi connectivity index (χ0) is 12.4. The van der Waals surface area contributed by atoms with E-state index in [9.17, 15) is 13.6 Å². The lowest BCUT2D eigenvalue weighted by Gasteiger charge is -2.03. The topological polar surface area (TPSA) is 30.0 Å². The van der Waals surface area contributed by atoms with Crippen LogP contribution in [0.3, 0.4) is 0 Å². The molecular weight excluding hydrogens is 248 g/mol. The van der Waals surface area contributed by atoms with Crippen LogP contribution in [0, 0.1) is 11.6 Å². The Morgan fingerprint density at radius 2 is 2.00 bits per heavy atom. The highest BCUT2D eigenvalue weighted by Crippen LogP contribution is 2.20. The molecule has 0 spiro atoms. The van der Waals surface area contributed by atoms with Crippen LogP contribution in [0.15, 0.2) is 36.5 Å². The van der Waals surface area contributed by atoms with Gasteiger partial charge in [-0.3, -0.25) is 4.79 Å². The smallest absolute Gasteiger partial charge is 0.215 e. The summed E-state index contributed by atoms with van der Waals surface area (Å²) in [7, 11) is 0. The van der Waals surface area contributed by atoms with Crippen LogP contribution in [-0.2, 0) is 0 Å². The minimum atomic E-state index is -0.766. The number of carbonyl (C=O) groups excluding carboxylic acids is 1. The molecule has 0 fully saturated rings. The van der Waals surface area contributed by atoms with E-state index in [-0.39, 0.29) is 16.3 Å². The number of rotatable bonds is 2. The van der Waals surface area contributed by atoms with Gasteiger partial charge in [0.15, 0.2) is 5.82 Å². The molecule has 0 aliphatic rings. The van der Waals surface area contributed by atoms with E-state index in [1.807, 2.05) is 0 Å². The number of aromatic nitrogens is 1. The second kappa shape index (κ2) is 4.59. The summed E-state index contributed by atoms with van der Waals surface area (Å²) in [6.07, 6.45) is 1.28. The average Bonchev–Trinajstić information content (AvgIpc) is 2.32. The summed E-state index contributed by atoms with van der Waals surface area (Å²) in [4.78, 5) is 15.5. The number of benzene rings is 1. The van der Waals surface area contributed by atoms with Crippen molar-refractivity contribution in [3.8, 4) is 0 Å². The molecule has 5 heteroatoms. The number of nitrogens with zero attached hydrogens (tertiary/aromatic N) is 1. The van der Waals surface area contributed by atoms with E-state index in [2.05, 4.69) is 4.98 Å². The molecule has 17 heavy (non-hydrogen) atoms. The third-order valence-electron chi connectivity index (χ3n) is 2.15. The molecule has 2 rings (SSSR count). The van der Waals surface area contributed by atoms with Gasteiger partial charge >= 0.3 is 0 Å². The first-order chi connectivity index (χ1) is 8.09. The summed E-state index contributed by atoms with van der Waals surface area (Å²) in [5, 5.41) is 0.0569. The normalized spacial score (nSPS) is 10.3. The van der Waals surface area contributed by atoms with Gasteiger partial charge < -0.3 is 0 Å². The number of pyridine rings is 1. The third-order valence-corrected chi connectivity index (χ3v) is 2.48. The summed E-state index contributed by atoms with van der Waals surface area (Å²) in [6, 6.07) is 5.78. The molecule has 0 atom stereocenters. The Hall–Kier alpha value is -1.81. The van der Waals surface area contributed by atoms with Gasteiger partial charge in [0.2, 0.25) is 5.78 Å². The third kappa shape index (κ3) is 2.31.